The topological polar surface area (TPSA) is 87.3 Å². The number of halogens is 1. The second-order valence-electron chi connectivity index (χ2n) is 9.11. The average molecular weight is 452 g/mol. The van der Waals surface area contributed by atoms with Crippen LogP contribution in [0.25, 0.3) is 22.5 Å². The van der Waals surface area contributed by atoms with Crippen molar-refractivity contribution in [2.75, 3.05) is 18.4 Å². The minimum Gasteiger partial charge on any atom is -0.392 e. The van der Waals surface area contributed by atoms with Crippen LogP contribution in [-0.4, -0.2) is 50.4 Å². The number of nitrogens with one attached hydrogen (secondary N) is 1. The summed E-state index contributed by atoms with van der Waals surface area (Å²) in [6.07, 6.45) is 9.19. The van der Waals surface area contributed by atoms with Crippen molar-refractivity contribution in [1.82, 2.24) is 20.0 Å². The summed E-state index contributed by atoms with van der Waals surface area (Å²) in [6, 6.07) is 8.50. The Balaban J connectivity index is 1.49. The van der Waals surface area contributed by atoms with Crippen LogP contribution in [0.2, 0.25) is 0 Å². The molecule has 3 heterocycles. The molecule has 2 N–H and O–H groups in total. The molecular formula is C25H30FN5O2. The molecule has 1 unspecified atom stereocenters. The molecular weight excluding hydrogens is 421 g/mol. The Kier molecular flexibility index (Phi) is 6.64. The minimum absolute atomic E-state index is 0.299. The molecule has 0 amide bonds. The van der Waals surface area contributed by atoms with Gasteiger partial charge in [0.15, 0.2) is 5.76 Å². The number of hydrogen-bond acceptors (Lipinski definition) is 7. The number of likely N-dealkylation sites (tertiary alicyclic amines) is 1. The predicted octanol–water partition coefficient (Wildman–Crippen LogP) is 4.64. The molecule has 0 radical (unpaired) electrons. The van der Waals surface area contributed by atoms with Crippen molar-refractivity contribution in [2.45, 2.75) is 63.6 Å². The van der Waals surface area contributed by atoms with Crippen LogP contribution >= 0.6 is 0 Å². The van der Waals surface area contributed by atoms with Gasteiger partial charge < -0.3 is 14.9 Å². The van der Waals surface area contributed by atoms with E-state index in [2.05, 4.69) is 20.4 Å². The number of aliphatic hydroxyl groups excluding tert-OH is 1. The number of nitrogens with zero attached hydrogens (tertiary/aromatic N) is 4. The van der Waals surface area contributed by atoms with E-state index in [4.69, 9.17) is 9.51 Å². The quantitative estimate of drug-likeness (QED) is 0.565. The number of aromatic nitrogens is 3. The van der Waals surface area contributed by atoms with E-state index in [1.54, 1.807) is 18.3 Å². The zero-order chi connectivity index (χ0) is 22.6. The van der Waals surface area contributed by atoms with Crippen LogP contribution in [-0.2, 0) is 6.54 Å². The van der Waals surface area contributed by atoms with E-state index >= 15 is 0 Å². The third kappa shape index (κ3) is 5.23. The highest BCUT2D eigenvalue weighted by Gasteiger charge is 2.25. The van der Waals surface area contributed by atoms with Gasteiger partial charge >= 0.3 is 0 Å². The zero-order valence-electron chi connectivity index (χ0n) is 18.7. The van der Waals surface area contributed by atoms with Crippen molar-refractivity contribution < 1.29 is 14.0 Å². The molecule has 7 nitrogen and oxygen atoms in total. The molecule has 0 spiro atoms. The molecule has 5 rings (SSSR count). The van der Waals surface area contributed by atoms with E-state index < -0.39 is 0 Å². The molecule has 1 aliphatic carbocycles. The normalized spacial score (nSPS) is 20.1. The molecule has 1 saturated heterocycles. The molecule has 8 heteroatoms. The van der Waals surface area contributed by atoms with Crippen LogP contribution in [0.3, 0.4) is 0 Å². The highest BCUT2D eigenvalue weighted by atomic mass is 19.1. The highest BCUT2D eigenvalue weighted by molar-refractivity contribution is 5.80. The van der Waals surface area contributed by atoms with Crippen molar-refractivity contribution in [3.8, 4) is 22.5 Å². The molecule has 1 atom stereocenters. The molecule has 1 saturated carbocycles. The highest BCUT2D eigenvalue weighted by Crippen LogP contribution is 2.35. The molecule has 2 aliphatic rings. The van der Waals surface area contributed by atoms with E-state index in [1.807, 2.05) is 6.07 Å². The summed E-state index contributed by atoms with van der Waals surface area (Å²) >= 11 is 0. The summed E-state index contributed by atoms with van der Waals surface area (Å²) in [4.78, 5) is 11.4. The Hall–Kier alpha value is -2.84. The van der Waals surface area contributed by atoms with E-state index in [0.29, 0.717) is 36.5 Å². The van der Waals surface area contributed by atoms with Crippen LogP contribution < -0.4 is 5.32 Å². The van der Waals surface area contributed by atoms with E-state index in [1.165, 1.54) is 31.4 Å². The summed E-state index contributed by atoms with van der Waals surface area (Å²) in [5, 5.41) is 17.9. The summed E-state index contributed by atoms with van der Waals surface area (Å²) in [5.74, 6) is 0.989. The van der Waals surface area contributed by atoms with Gasteiger partial charge in [-0.05, 0) is 62.6 Å². The van der Waals surface area contributed by atoms with Crippen LogP contribution in [0.5, 0.6) is 0 Å². The molecule has 33 heavy (non-hydrogen) atoms. The van der Waals surface area contributed by atoms with Gasteiger partial charge in [-0.25, -0.2) is 14.4 Å². The Labute approximate surface area is 193 Å². The number of rotatable bonds is 6. The maximum Gasteiger partial charge on any atom is 0.223 e. The van der Waals surface area contributed by atoms with Gasteiger partial charge in [-0.15, -0.1) is 0 Å². The molecule has 1 aromatic carbocycles. The molecule has 174 valence electrons. The second-order valence-corrected chi connectivity index (χ2v) is 9.11. The fraction of sp³-hybridized carbons (Fsp3) is 0.480. The van der Waals surface area contributed by atoms with Crippen molar-refractivity contribution in [2.24, 2.45) is 0 Å². The number of β-amino-alcohol motifs (C(OH)–C–C–N with tert-alkyl or cyclic N) is 1. The Morgan fingerprint density at radius 1 is 1.06 bits per heavy atom. The maximum absolute atomic E-state index is 13.5. The number of benzene rings is 1. The first kappa shape index (κ1) is 22.0. The van der Waals surface area contributed by atoms with Gasteiger partial charge in [-0.1, -0.05) is 24.4 Å². The van der Waals surface area contributed by atoms with Gasteiger partial charge in [0.05, 0.1) is 23.9 Å². The zero-order valence-corrected chi connectivity index (χ0v) is 18.7. The van der Waals surface area contributed by atoms with Crippen LogP contribution in [0.15, 0.2) is 41.1 Å². The summed E-state index contributed by atoms with van der Waals surface area (Å²) in [6.45, 7) is 2.02. The Morgan fingerprint density at radius 2 is 1.88 bits per heavy atom. The lowest BCUT2D eigenvalue weighted by molar-refractivity contribution is 0.0623. The summed E-state index contributed by atoms with van der Waals surface area (Å²) < 4.78 is 19.4. The average Bonchev–Trinajstić information content (AvgIpc) is 3.24. The lowest BCUT2D eigenvalue weighted by Gasteiger charge is -2.29. The van der Waals surface area contributed by atoms with Crippen LogP contribution in [0.1, 0.15) is 50.7 Å². The van der Waals surface area contributed by atoms with Crippen molar-refractivity contribution in [3.05, 3.63) is 48.1 Å². The van der Waals surface area contributed by atoms with Crippen LogP contribution in [0.4, 0.5) is 10.3 Å². The number of hydrogen-bond donors (Lipinski definition) is 2. The molecule has 0 bridgehead atoms. The standard InChI is InChI=1S/C25H30FN5O2/c26-18-10-8-17(9-11-18)24-23(22(33-30-24)16-31-14-4-7-20(32)15-31)21-12-13-27-25(29-21)28-19-5-2-1-3-6-19/h8-13,19-20,32H,1-7,14-16H2,(H,27,28,29). The first-order valence-electron chi connectivity index (χ1n) is 11.9. The fourth-order valence-corrected chi connectivity index (χ4v) is 4.88. The lowest BCUT2D eigenvalue weighted by Crippen LogP contribution is -2.37. The van der Waals surface area contributed by atoms with Crippen molar-refractivity contribution in [3.63, 3.8) is 0 Å². The lowest BCUT2D eigenvalue weighted by atomic mass is 9.96. The number of piperidine rings is 1. The number of anilines is 1. The van der Waals surface area contributed by atoms with E-state index in [9.17, 15) is 9.50 Å². The smallest absolute Gasteiger partial charge is 0.223 e. The van der Waals surface area contributed by atoms with Gasteiger partial charge in [-0.2, -0.15) is 0 Å². The first-order chi connectivity index (χ1) is 16.2. The van der Waals surface area contributed by atoms with Crippen LogP contribution in [0, 0.1) is 5.82 Å². The summed E-state index contributed by atoms with van der Waals surface area (Å²) in [5.41, 5.74) is 2.90. The summed E-state index contributed by atoms with van der Waals surface area (Å²) in [7, 11) is 0. The molecule has 3 aromatic rings. The van der Waals surface area contributed by atoms with Gasteiger partial charge in [-0.3, -0.25) is 4.90 Å². The SMILES string of the molecule is OC1CCCN(Cc2onc(-c3ccc(F)cc3)c2-c2ccnc(NC3CCCCC3)n2)C1. The third-order valence-corrected chi connectivity index (χ3v) is 6.58. The predicted molar refractivity (Wildman–Crippen MR) is 124 cm³/mol. The monoisotopic (exact) mass is 451 g/mol. The maximum atomic E-state index is 13.5. The van der Waals surface area contributed by atoms with E-state index in [0.717, 1.165) is 49.0 Å². The van der Waals surface area contributed by atoms with Crippen molar-refractivity contribution >= 4 is 5.95 Å². The molecule has 1 aliphatic heterocycles. The second kappa shape index (κ2) is 9.97. The Bertz CT molecular complexity index is 1060. The van der Waals surface area contributed by atoms with Gasteiger partial charge in [0.25, 0.3) is 0 Å². The van der Waals surface area contributed by atoms with E-state index in [-0.39, 0.29) is 11.9 Å². The largest absolute Gasteiger partial charge is 0.392 e. The first-order valence-corrected chi connectivity index (χ1v) is 11.9. The molecule has 2 aromatic heterocycles. The van der Waals surface area contributed by atoms with Gasteiger partial charge in [0, 0.05) is 24.3 Å². The minimum atomic E-state index is -0.327. The van der Waals surface area contributed by atoms with Crippen molar-refractivity contribution in [1.29, 1.82) is 0 Å². The van der Waals surface area contributed by atoms with Gasteiger partial charge in [0.1, 0.15) is 11.5 Å². The third-order valence-electron chi connectivity index (χ3n) is 6.58. The Morgan fingerprint density at radius 3 is 2.67 bits per heavy atom. The van der Waals surface area contributed by atoms with Gasteiger partial charge in [0.2, 0.25) is 5.95 Å². The molecule has 2 fully saturated rings. The number of aliphatic hydroxyl groups is 1. The fourth-order valence-electron chi connectivity index (χ4n) is 4.88.